The number of carbonyl (C=O) groups excluding carboxylic acids is 1. The zero-order chi connectivity index (χ0) is 17.7. The summed E-state index contributed by atoms with van der Waals surface area (Å²) >= 11 is 0. The molecule has 0 bridgehead atoms. The van der Waals surface area contributed by atoms with Gasteiger partial charge in [-0.2, -0.15) is 0 Å². The SMILES string of the molecule is O=C(NC1(C(=O)O)CCOCC1)c1ccc(N2CCCCCC2)nc1. The maximum Gasteiger partial charge on any atom is 0.329 e. The summed E-state index contributed by atoms with van der Waals surface area (Å²) in [7, 11) is 0. The number of nitrogens with zero attached hydrogens (tertiary/aromatic N) is 2. The predicted octanol–water partition coefficient (Wildman–Crippen LogP) is 1.83. The van der Waals surface area contributed by atoms with Crippen molar-refractivity contribution in [3.05, 3.63) is 23.9 Å². The van der Waals surface area contributed by atoms with Crippen LogP contribution < -0.4 is 10.2 Å². The molecule has 7 heteroatoms. The van der Waals surface area contributed by atoms with Crippen molar-refractivity contribution in [1.29, 1.82) is 0 Å². The average Bonchev–Trinajstić information content (AvgIpc) is 2.92. The van der Waals surface area contributed by atoms with Crippen molar-refractivity contribution < 1.29 is 19.4 Å². The Morgan fingerprint density at radius 2 is 1.80 bits per heavy atom. The monoisotopic (exact) mass is 347 g/mol. The first-order chi connectivity index (χ1) is 12.1. The predicted molar refractivity (Wildman–Crippen MR) is 92.8 cm³/mol. The molecule has 0 aromatic carbocycles. The fourth-order valence-corrected chi connectivity index (χ4v) is 3.41. The van der Waals surface area contributed by atoms with Crippen molar-refractivity contribution in [2.75, 3.05) is 31.2 Å². The molecule has 2 N–H and O–H groups in total. The second kappa shape index (κ2) is 7.82. The Hall–Kier alpha value is -2.15. The number of aromatic nitrogens is 1. The molecule has 2 fully saturated rings. The molecule has 1 aromatic heterocycles. The van der Waals surface area contributed by atoms with Crippen molar-refractivity contribution in [2.24, 2.45) is 0 Å². The van der Waals surface area contributed by atoms with Crippen LogP contribution in [0.2, 0.25) is 0 Å². The number of pyridine rings is 1. The molecule has 0 atom stereocenters. The Morgan fingerprint density at radius 3 is 2.36 bits per heavy atom. The van der Waals surface area contributed by atoms with Crippen LogP contribution in [0.15, 0.2) is 18.3 Å². The van der Waals surface area contributed by atoms with Gasteiger partial charge in [0.1, 0.15) is 11.4 Å². The summed E-state index contributed by atoms with van der Waals surface area (Å²) < 4.78 is 5.22. The molecule has 25 heavy (non-hydrogen) atoms. The van der Waals surface area contributed by atoms with E-state index in [1.807, 2.05) is 6.07 Å². The maximum atomic E-state index is 12.5. The Bertz CT molecular complexity index is 603. The zero-order valence-corrected chi connectivity index (χ0v) is 14.4. The van der Waals surface area contributed by atoms with Gasteiger partial charge in [-0.1, -0.05) is 12.8 Å². The van der Waals surface area contributed by atoms with Crippen LogP contribution in [0.25, 0.3) is 0 Å². The Labute approximate surface area is 147 Å². The smallest absolute Gasteiger partial charge is 0.329 e. The molecule has 3 rings (SSSR count). The molecule has 0 saturated carbocycles. The number of carbonyl (C=O) groups is 2. The topological polar surface area (TPSA) is 91.8 Å². The van der Waals surface area contributed by atoms with E-state index < -0.39 is 17.4 Å². The third-order valence-corrected chi connectivity index (χ3v) is 5.05. The summed E-state index contributed by atoms with van der Waals surface area (Å²) in [5.74, 6) is -0.546. The van der Waals surface area contributed by atoms with Gasteiger partial charge in [-0.25, -0.2) is 9.78 Å². The molecule has 0 radical (unpaired) electrons. The summed E-state index contributed by atoms with van der Waals surface area (Å²) in [6, 6.07) is 3.56. The van der Waals surface area contributed by atoms with Gasteiger partial charge in [-0.3, -0.25) is 4.79 Å². The van der Waals surface area contributed by atoms with E-state index in [9.17, 15) is 14.7 Å². The van der Waals surface area contributed by atoms with Crippen LogP contribution >= 0.6 is 0 Å². The van der Waals surface area contributed by atoms with Gasteiger partial charge in [-0.05, 0) is 25.0 Å². The zero-order valence-electron chi connectivity index (χ0n) is 14.4. The van der Waals surface area contributed by atoms with Crippen molar-refractivity contribution in [2.45, 2.75) is 44.1 Å². The van der Waals surface area contributed by atoms with Gasteiger partial charge >= 0.3 is 5.97 Å². The third kappa shape index (κ3) is 4.10. The summed E-state index contributed by atoms with van der Waals surface area (Å²) in [6.07, 6.45) is 6.89. The van der Waals surface area contributed by atoms with E-state index in [0.717, 1.165) is 31.7 Å². The number of amides is 1. The van der Waals surface area contributed by atoms with Crippen molar-refractivity contribution in [3.8, 4) is 0 Å². The molecule has 1 amide bonds. The Kier molecular flexibility index (Phi) is 5.53. The van der Waals surface area contributed by atoms with Crippen molar-refractivity contribution in [1.82, 2.24) is 10.3 Å². The lowest BCUT2D eigenvalue weighted by Crippen LogP contribution is -2.57. The number of hydrogen-bond acceptors (Lipinski definition) is 5. The highest BCUT2D eigenvalue weighted by atomic mass is 16.5. The highest BCUT2D eigenvalue weighted by Crippen LogP contribution is 2.22. The first kappa shape index (κ1) is 17.7. The molecule has 7 nitrogen and oxygen atoms in total. The molecule has 0 aliphatic carbocycles. The summed E-state index contributed by atoms with van der Waals surface area (Å²) in [5, 5.41) is 12.2. The van der Waals surface area contributed by atoms with E-state index in [-0.39, 0.29) is 12.8 Å². The van der Waals surface area contributed by atoms with Gasteiger partial charge in [0.15, 0.2) is 0 Å². The standard InChI is InChI=1S/C18H25N3O4/c22-16(20-18(17(23)24)7-11-25-12-8-18)14-5-6-15(19-13-14)21-9-3-1-2-4-10-21/h5-6,13H,1-4,7-12H2,(H,20,22)(H,23,24). The number of hydrogen-bond donors (Lipinski definition) is 2. The number of aliphatic carboxylic acids is 1. The Balaban J connectivity index is 1.68. The largest absolute Gasteiger partial charge is 0.480 e. The van der Waals surface area contributed by atoms with Crippen LogP contribution in [0.3, 0.4) is 0 Å². The Morgan fingerprint density at radius 1 is 1.12 bits per heavy atom. The number of carboxylic acid groups (broad SMARTS) is 1. The van der Waals surface area contributed by atoms with Crippen LogP contribution in [-0.4, -0.2) is 53.8 Å². The first-order valence-corrected chi connectivity index (χ1v) is 8.95. The average molecular weight is 347 g/mol. The van der Waals surface area contributed by atoms with Crippen LogP contribution in [0.5, 0.6) is 0 Å². The van der Waals surface area contributed by atoms with E-state index >= 15 is 0 Å². The van der Waals surface area contributed by atoms with Crippen LogP contribution in [0, 0.1) is 0 Å². The molecule has 1 aromatic rings. The number of ether oxygens (including phenoxy) is 1. The quantitative estimate of drug-likeness (QED) is 0.863. The van der Waals surface area contributed by atoms with Gasteiger partial charge in [0.25, 0.3) is 5.91 Å². The number of anilines is 1. The summed E-state index contributed by atoms with van der Waals surface area (Å²) in [6.45, 7) is 2.64. The van der Waals surface area contributed by atoms with E-state index in [1.54, 1.807) is 6.07 Å². The molecule has 0 unspecified atom stereocenters. The number of nitrogens with one attached hydrogen (secondary N) is 1. The molecule has 2 saturated heterocycles. The molecular formula is C18H25N3O4. The molecule has 2 aliphatic heterocycles. The number of carboxylic acids is 1. The van der Waals surface area contributed by atoms with Gasteiger partial charge in [0, 0.05) is 45.3 Å². The minimum atomic E-state index is -1.25. The second-order valence-corrected chi connectivity index (χ2v) is 6.76. The van der Waals surface area contributed by atoms with Crippen LogP contribution in [0.4, 0.5) is 5.82 Å². The summed E-state index contributed by atoms with van der Waals surface area (Å²) in [5.41, 5.74) is -0.871. The molecule has 0 spiro atoms. The lowest BCUT2D eigenvalue weighted by atomic mass is 9.90. The van der Waals surface area contributed by atoms with E-state index in [0.29, 0.717) is 18.8 Å². The van der Waals surface area contributed by atoms with Crippen molar-refractivity contribution in [3.63, 3.8) is 0 Å². The lowest BCUT2D eigenvalue weighted by Gasteiger charge is -2.33. The van der Waals surface area contributed by atoms with E-state index in [2.05, 4.69) is 15.2 Å². The van der Waals surface area contributed by atoms with Gasteiger partial charge in [0.2, 0.25) is 0 Å². The molecule has 3 heterocycles. The lowest BCUT2D eigenvalue weighted by molar-refractivity contribution is -0.148. The number of rotatable bonds is 4. The van der Waals surface area contributed by atoms with Gasteiger partial charge in [0.05, 0.1) is 5.56 Å². The van der Waals surface area contributed by atoms with Crippen molar-refractivity contribution >= 4 is 17.7 Å². The van der Waals surface area contributed by atoms with Gasteiger partial charge < -0.3 is 20.1 Å². The molecule has 2 aliphatic rings. The highest BCUT2D eigenvalue weighted by Gasteiger charge is 2.41. The minimum absolute atomic E-state index is 0.271. The fourth-order valence-electron chi connectivity index (χ4n) is 3.41. The van der Waals surface area contributed by atoms with E-state index in [4.69, 9.17) is 4.74 Å². The maximum absolute atomic E-state index is 12.5. The van der Waals surface area contributed by atoms with Crippen LogP contribution in [0.1, 0.15) is 48.9 Å². The van der Waals surface area contributed by atoms with E-state index in [1.165, 1.54) is 19.0 Å². The third-order valence-electron chi connectivity index (χ3n) is 5.05. The fraction of sp³-hybridized carbons (Fsp3) is 0.611. The first-order valence-electron chi connectivity index (χ1n) is 8.95. The van der Waals surface area contributed by atoms with Crippen LogP contribution in [-0.2, 0) is 9.53 Å². The molecule has 136 valence electrons. The molecular weight excluding hydrogens is 322 g/mol. The minimum Gasteiger partial charge on any atom is -0.480 e. The normalized spacial score (nSPS) is 20.6. The highest BCUT2D eigenvalue weighted by molar-refractivity contribution is 5.97. The second-order valence-electron chi connectivity index (χ2n) is 6.76. The van der Waals surface area contributed by atoms with Gasteiger partial charge in [-0.15, -0.1) is 0 Å². The summed E-state index contributed by atoms with van der Waals surface area (Å²) in [4.78, 5) is 30.8.